The quantitative estimate of drug-likeness (QED) is 0.275. The van der Waals surface area contributed by atoms with Gasteiger partial charge in [0.2, 0.25) is 0 Å². The third-order valence-electron chi connectivity index (χ3n) is 6.60. The number of carbonyl (C=O) groups is 1. The van der Waals surface area contributed by atoms with E-state index in [2.05, 4.69) is 39.7 Å². The van der Waals surface area contributed by atoms with Crippen LogP contribution in [0.15, 0.2) is 104 Å². The first-order chi connectivity index (χ1) is 18.3. The fraction of sp³-hybridized carbons (Fsp3) is 0.125. The summed E-state index contributed by atoms with van der Waals surface area (Å²) < 4.78 is 1.81. The van der Waals surface area contributed by atoms with Crippen LogP contribution in [0, 0.1) is 18.3 Å². The van der Waals surface area contributed by atoms with E-state index in [-0.39, 0.29) is 5.91 Å². The second-order valence-corrected chi connectivity index (χ2v) is 9.77. The molecule has 2 aromatic heterocycles. The minimum atomic E-state index is -0.679. The Kier molecular flexibility index (Phi) is 6.59. The number of nitriles is 1. The van der Waals surface area contributed by atoms with Crippen LogP contribution in [0.4, 0.5) is 5.69 Å². The molecule has 1 amide bonds. The first-order valence-corrected chi connectivity index (χ1v) is 12.3. The first kappa shape index (κ1) is 24.7. The van der Waals surface area contributed by atoms with Crippen LogP contribution in [-0.4, -0.2) is 20.7 Å². The Morgan fingerprint density at radius 1 is 0.868 bits per heavy atom. The van der Waals surface area contributed by atoms with Crippen LogP contribution in [0.25, 0.3) is 27.9 Å². The van der Waals surface area contributed by atoms with E-state index in [0.717, 1.165) is 39.1 Å². The number of hydrogen-bond acceptors (Lipinski definition) is 4. The van der Waals surface area contributed by atoms with Gasteiger partial charge in [0.15, 0.2) is 0 Å². The summed E-state index contributed by atoms with van der Waals surface area (Å²) in [6, 6.07) is 27.5. The number of nitrogens with zero attached hydrogens (tertiary/aromatic N) is 4. The van der Waals surface area contributed by atoms with Crippen LogP contribution >= 0.6 is 0 Å². The second-order valence-electron chi connectivity index (χ2n) is 9.77. The van der Waals surface area contributed by atoms with E-state index in [0.29, 0.717) is 11.3 Å². The zero-order valence-corrected chi connectivity index (χ0v) is 21.5. The molecular weight excluding hydrogens is 470 g/mol. The van der Waals surface area contributed by atoms with Gasteiger partial charge < -0.3 is 5.32 Å². The fourth-order valence-corrected chi connectivity index (χ4v) is 4.24. The van der Waals surface area contributed by atoms with E-state index in [1.165, 1.54) is 0 Å². The molecule has 0 saturated carbocycles. The summed E-state index contributed by atoms with van der Waals surface area (Å²) in [6.45, 7) is 5.68. The number of anilines is 1. The van der Waals surface area contributed by atoms with E-state index in [4.69, 9.17) is 0 Å². The zero-order valence-electron chi connectivity index (χ0n) is 21.5. The lowest BCUT2D eigenvalue weighted by molar-refractivity contribution is 0.102. The maximum atomic E-state index is 13.0. The Balaban J connectivity index is 1.39. The van der Waals surface area contributed by atoms with Crippen molar-refractivity contribution in [3.8, 4) is 34.0 Å². The van der Waals surface area contributed by atoms with Crippen LogP contribution in [0.3, 0.4) is 0 Å². The lowest BCUT2D eigenvalue weighted by Gasteiger charge is -2.16. The Morgan fingerprint density at radius 3 is 2.39 bits per heavy atom. The van der Waals surface area contributed by atoms with Crippen molar-refractivity contribution in [2.24, 2.45) is 0 Å². The minimum Gasteiger partial charge on any atom is -0.322 e. The molecule has 0 aliphatic heterocycles. The van der Waals surface area contributed by atoms with Crippen molar-refractivity contribution in [2.75, 3.05) is 5.32 Å². The zero-order chi connectivity index (χ0) is 26.7. The Bertz CT molecular complexity index is 1660. The van der Waals surface area contributed by atoms with Crippen LogP contribution < -0.4 is 5.32 Å². The SMILES string of the molecule is Cc1ccc(NC(=O)c2cccc(C(C)(C)C#N)c2)cc1-n1cc(-c2cncc(-c3ccccc3)c2)cn1. The average Bonchev–Trinajstić information content (AvgIpc) is 3.45. The number of benzene rings is 3. The number of hydrogen-bond donors (Lipinski definition) is 1. The summed E-state index contributed by atoms with van der Waals surface area (Å²) in [5, 5.41) is 17.0. The highest BCUT2D eigenvalue weighted by Gasteiger charge is 2.21. The molecule has 0 aliphatic rings. The molecule has 6 nitrogen and oxygen atoms in total. The molecule has 0 atom stereocenters. The topological polar surface area (TPSA) is 83.6 Å². The predicted molar refractivity (Wildman–Crippen MR) is 150 cm³/mol. The van der Waals surface area contributed by atoms with Gasteiger partial charge in [-0.05, 0) is 67.8 Å². The van der Waals surface area contributed by atoms with Gasteiger partial charge in [-0.3, -0.25) is 9.78 Å². The molecule has 3 aromatic carbocycles. The molecule has 1 N–H and O–H groups in total. The van der Waals surface area contributed by atoms with E-state index in [9.17, 15) is 10.1 Å². The first-order valence-electron chi connectivity index (χ1n) is 12.3. The van der Waals surface area contributed by atoms with Gasteiger partial charge >= 0.3 is 0 Å². The average molecular weight is 498 g/mol. The molecule has 5 aromatic rings. The number of aryl methyl sites for hydroxylation is 1. The number of carbonyl (C=O) groups excluding carboxylic acids is 1. The molecule has 2 heterocycles. The molecule has 0 saturated heterocycles. The third-order valence-corrected chi connectivity index (χ3v) is 6.60. The highest BCUT2D eigenvalue weighted by atomic mass is 16.1. The van der Waals surface area contributed by atoms with Crippen LogP contribution in [0.5, 0.6) is 0 Å². The third kappa shape index (κ3) is 5.09. The van der Waals surface area contributed by atoms with Crippen molar-refractivity contribution in [1.82, 2.24) is 14.8 Å². The maximum Gasteiger partial charge on any atom is 0.255 e. The van der Waals surface area contributed by atoms with E-state index in [1.807, 2.05) is 92.7 Å². The van der Waals surface area contributed by atoms with Crippen LogP contribution in [-0.2, 0) is 5.41 Å². The summed E-state index contributed by atoms with van der Waals surface area (Å²) >= 11 is 0. The highest BCUT2D eigenvalue weighted by molar-refractivity contribution is 6.04. The summed E-state index contributed by atoms with van der Waals surface area (Å²) in [7, 11) is 0. The highest BCUT2D eigenvalue weighted by Crippen LogP contribution is 2.27. The minimum absolute atomic E-state index is 0.236. The predicted octanol–water partition coefficient (Wildman–Crippen LogP) is 6.96. The van der Waals surface area contributed by atoms with Gasteiger partial charge in [0.05, 0.1) is 23.4 Å². The van der Waals surface area contributed by atoms with Crippen molar-refractivity contribution in [3.05, 3.63) is 120 Å². The lowest BCUT2D eigenvalue weighted by atomic mass is 9.85. The van der Waals surface area contributed by atoms with Gasteiger partial charge in [-0.25, -0.2) is 4.68 Å². The number of rotatable bonds is 6. The smallest absolute Gasteiger partial charge is 0.255 e. The fourth-order valence-electron chi connectivity index (χ4n) is 4.24. The maximum absolute atomic E-state index is 13.0. The summed E-state index contributed by atoms with van der Waals surface area (Å²) in [4.78, 5) is 17.5. The Labute approximate surface area is 222 Å². The van der Waals surface area contributed by atoms with Crippen molar-refractivity contribution >= 4 is 11.6 Å². The normalized spacial score (nSPS) is 11.1. The van der Waals surface area contributed by atoms with Crippen molar-refractivity contribution in [1.29, 1.82) is 5.26 Å². The van der Waals surface area contributed by atoms with Crippen molar-refractivity contribution < 1.29 is 4.79 Å². The second kappa shape index (κ2) is 10.2. The standard InChI is InChI=1S/C32H27N5O/c1-22-12-13-29(36-31(38)24-10-7-11-28(15-24)32(2,3)21-33)16-30(22)37-20-27(19-35-37)26-14-25(17-34-18-26)23-8-5-4-6-9-23/h4-20H,1-3H3,(H,36,38). The van der Waals surface area contributed by atoms with Gasteiger partial charge in [0.1, 0.15) is 0 Å². The molecule has 186 valence electrons. The van der Waals surface area contributed by atoms with Gasteiger partial charge in [-0.15, -0.1) is 0 Å². The Hall–Kier alpha value is -5.02. The molecular formula is C32H27N5O. The number of nitrogens with one attached hydrogen (secondary N) is 1. The molecule has 0 spiro atoms. The number of amides is 1. The molecule has 0 radical (unpaired) electrons. The molecule has 0 fully saturated rings. The van der Waals surface area contributed by atoms with Crippen LogP contribution in [0.1, 0.15) is 35.3 Å². The number of aromatic nitrogens is 3. The van der Waals surface area contributed by atoms with Gasteiger partial charge in [-0.2, -0.15) is 10.4 Å². The van der Waals surface area contributed by atoms with E-state index in [1.54, 1.807) is 18.2 Å². The molecule has 38 heavy (non-hydrogen) atoms. The van der Waals surface area contributed by atoms with Gasteiger partial charge in [0.25, 0.3) is 5.91 Å². The van der Waals surface area contributed by atoms with Crippen molar-refractivity contribution in [2.45, 2.75) is 26.2 Å². The molecule has 0 aliphatic carbocycles. The van der Waals surface area contributed by atoms with Crippen LogP contribution in [0.2, 0.25) is 0 Å². The largest absolute Gasteiger partial charge is 0.322 e. The van der Waals surface area contributed by atoms with E-state index < -0.39 is 5.41 Å². The molecule has 5 rings (SSSR count). The number of pyridine rings is 1. The van der Waals surface area contributed by atoms with Gasteiger partial charge in [0, 0.05) is 46.5 Å². The summed E-state index contributed by atoms with van der Waals surface area (Å²) in [5.41, 5.74) is 7.22. The molecule has 0 unspecified atom stereocenters. The van der Waals surface area contributed by atoms with Crippen molar-refractivity contribution in [3.63, 3.8) is 0 Å². The lowest BCUT2D eigenvalue weighted by Crippen LogP contribution is -2.17. The Morgan fingerprint density at radius 2 is 1.63 bits per heavy atom. The molecule has 6 heteroatoms. The molecule has 0 bridgehead atoms. The van der Waals surface area contributed by atoms with E-state index >= 15 is 0 Å². The summed E-state index contributed by atoms with van der Waals surface area (Å²) in [6.07, 6.45) is 7.47. The monoisotopic (exact) mass is 497 g/mol. The van der Waals surface area contributed by atoms with Gasteiger partial charge in [-0.1, -0.05) is 48.5 Å². The summed E-state index contributed by atoms with van der Waals surface area (Å²) in [5.74, 6) is -0.236.